The number of ether oxygens (including phenoxy) is 4. The Kier molecular flexibility index (Phi) is 5.91. The Bertz CT molecular complexity index is 858. The molecule has 0 atom stereocenters. The zero-order valence-corrected chi connectivity index (χ0v) is 16.7. The molecule has 2 aromatic carbocycles. The molecule has 0 saturated heterocycles. The van der Waals surface area contributed by atoms with Gasteiger partial charge in [-0.3, -0.25) is 0 Å². The Morgan fingerprint density at radius 1 is 1.04 bits per heavy atom. The smallest absolute Gasteiger partial charge is 0.231 e. The first kappa shape index (κ1) is 19.1. The van der Waals surface area contributed by atoms with E-state index in [1.165, 1.54) is 16.8 Å². The first-order chi connectivity index (χ1) is 13.2. The Hall–Kier alpha value is -2.66. The van der Waals surface area contributed by atoms with Crippen molar-refractivity contribution in [3.8, 4) is 23.0 Å². The standard InChI is InChI=1S/C20H21NO4.C2H6/c1-12-13(4-5-17(22-2)20(12)23-3)8-16-15-10-19-18(24-11-25-19)9-14(15)6-7-21-16;1-2/h4-5,8-10,21H,6-7,11H2,1-3H3;1-2H3/p+1/b16-8-;. The molecule has 0 unspecified atom stereocenters. The molecule has 2 aliphatic rings. The summed E-state index contributed by atoms with van der Waals surface area (Å²) in [4.78, 5) is 0. The summed E-state index contributed by atoms with van der Waals surface area (Å²) in [7, 11) is 3.33. The number of quaternary nitrogens is 1. The monoisotopic (exact) mass is 370 g/mol. The molecule has 5 heteroatoms. The second-order valence-corrected chi connectivity index (χ2v) is 6.22. The van der Waals surface area contributed by atoms with Crippen LogP contribution in [0, 0.1) is 6.92 Å². The summed E-state index contributed by atoms with van der Waals surface area (Å²) in [5.41, 5.74) is 5.90. The molecule has 27 heavy (non-hydrogen) atoms. The largest absolute Gasteiger partial charge is 0.493 e. The van der Waals surface area contributed by atoms with Crippen LogP contribution in [-0.4, -0.2) is 27.6 Å². The molecule has 2 aromatic rings. The van der Waals surface area contributed by atoms with Crippen LogP contribution in [0.15, 0.2) is 24.3 Å². The van der Waals surface area contributed by atoms with Gasteiger partial charge in [0.25, 0.3) is 0 Å². The van der Waals surface area contributed by atoms with Gasteiger partial charge in [-0.1, -0.05) is 19.9 Å². The van der Waals surface area contributed by atoms with Crippen molar-refractivity contribution < 1.29 is 24.3 Å². The highest BCUT2D eigenvalue weighted by Gasteiger charge is 2.24. The molecule has 2 heterocycles. The van der Waals surface area contributed by atoms with E-state index >= 15 is 0 Å². The van der Waals surface area contributed by atoms with Crippen LogP contribution in [0.2, 0.25) is 0 Å². The Balaban J connectivity index is 0.00000102. The highest BCUT2D eigenvalue weighted by molar-refractivity contribution is 5.81. The summed E-state index contributed by atoms with van der Waals surface area (Å²) < 4.78 is 22.0. The van der Waals surface area contributed by atoms with Crippen LogP contribution in [0.3, 0.4) is 0 Å². The van der Waals surface area contributed by atoms with Gasteiger partial charge in [0.1, 0.15) is 5.70 Å². The van der Waals surface area contributed by atoms with E-state index in [1.54, 1.807) is 14.2 Å². The van der Waals surface area contributed by atoms with E-state index < -0.39 is 0 Å². The van der Waals surface area contributed by atoms with Crippen LogP contribution in [0.4, 0.5) is 0 Å². The lowest BCUT2D eigenvalue weighted by atomic mass is 9.95. The number of nitrogens with two attached hydrogens (primary N) is 1. The second-order valence-electron chi connectivity index (χ2n) is 6.22. The zero-order valence-electron chi connectivity index (χ0n) is 16.7. The summed E-state index contributed by atoms with van der Waals surface area (Å²) >= 11 is 0. The van der Waals surface area contributed by atoms with Crippen molar-refractivity contribution in [2.75, 3.05) is 27.6 Å². The third-order valence-corrected chi connectivity index (χ3v) is 4.83. The SMILES string of the molecule is CC.COc1ccc(/C=C2\[NH2+]CCc3cc4c(cc32)OCO4)c(C)c1OC. The lowest BCUT2D eigenvalue weighted by Gasteiger charge is -2.18. The Morgan fingerprint density at radius 3 is 2.48 bits per heavy atom. The normalized spacial score (nSPS) is 15.7. The van der Waals surface area contributed by atoms with Crippen molar-refractivity contribution in [2.24, 2.45) is 0 Å². The molecule has 0 amide bonds. The average molecular weight is 370 g/mol. The van der Waals surface area contributed by atoms with Crippen LogP contribution in [0.25, 0.3) is 11.8 Å². The Morgan fingerprint density at radius 2 is 1.78 bits per heavy atom. The number of hydrogen-bond acceptors (Lipinski definition) is 4. The second kappa shape index (κ2) is 8.35. The predicted molar refractivity (Wildman–Crippen MR) is 107 cm³/mol. The van der Waals surface area contributed by atoms with Gasteiger partial charge in [0.15, 0.2) is 23.0 Å². The number of fused-ring (bicyclic) bond motifs is 2. The van der Waals surface area contributed by atoms with E-state index in [1.807, 2.05) is 19.9 Å². The van der Waals surface area contributed by atoms with Crippen LogP contribution in [0.5, 0.6) is 23.0 Å². The van der Waals surface area contributed by atoms with Crippen LogP contribution < -0.4 is 24.3 Å². The maximum Gasteiger partial charge on any atom is 0.231 e. The lowest BCUT2D eigenvalue weighted by Crippen LogP contribution is -2.82. The summed E-state index contributed by atoms with van der Waals surface area (Å²) in [5.74, 6) is 3.20. The molecule has 0 spiro atoms. The quantitative estimate of drug-likeness (QED) is 0.900. The number of rotatable bonds is 3. The van der Waals surface area contributed by atoms with E-state index in [0.29, 0.717) is 6.79 Å². The summed E-state index contributed by atoms with van der Waals surface area (Å²) in [5, 5.41) is 2.28. The van der Waals surface area contributed by atoms with Crippen molar-refractivity contribution in [1.82, 2.24) is 0 Å². The first-order valence-corrected chi connectivity index (χ1v) is 9.40. The van der Waals surface area contributed by atoms with Crippen LogP contribution >= 0.6 is 0 Å². The van der Waals surface area contributed by atoms with Crippen LogP contribution in [0.1, 0.15) is 36.1 Å². The Labute approximate surface area is 160 Å². The molecule has 0 aromatic heterocycles. The van der Waals surface area contributed by atoms with Gasteiger partial charge in [-0.05, 0) is 36.2 Å². The number of hydrogen-bond donors (Lipinski definition) is 1. The summed E-state index contributed by atoms with van der Waals surface area (Å²) in [6.07, 6.45) is 3.23. The van der Waals surface area contributed by atoms with Crippen molar-refractivity contribution in [2.45, 2.75) is 27.2 Å². The first-order valence-electron chi connectivity index (χ1n) is 9.40. The number of methoxy groups -OCH3 is 2. The fraction of sp³-hybridized carbons (Fsp3) is 0.364. The third kappa shape index (κ3) is 3.60. The molecule has 0 aliphatic carbocycles. The van der Waals surface area contributed by atoms with Crippen LogP contribution in [-0.2, 0) is 6.42 Å². The maximum absolute atomic E-state index is 5.55. The minimum atomic E-state index is 0.301. The molecule has 0 radical (unpaired) electrons. The molecule has 2 N–H and O–H groups in total. The van der Waals surface area contributed by atoms with Gasteiger partial charge in [-0.15, -0.1) is 0 Å². The fourth-order valence-electron chi connectivity index (χ4n) is 3.51. The minimum Gasteiger partial charge on any atom is -0.493 e. The summed E-state index contributed by atoms with van der Waals surface area (Å²) in [6, 6.07) is 8.22. The van der Waals surface area contributed by atoms with E-state index in [2.05, 4.69) is 36.5 Å². The number of benzene rings is 2. The van der Waals surface area contributed by atoms with Gasteiger partial charge >= 0.3 is 0 Å². The van der Waals surface area contributed by atoms with Gasteiger partial charge in [-0.25, -0.2) is 0 Å². The fourth-order valence-corrected chi connectivity index (χ4v) is 3.51. The molecule has 144 valence electrons. The van der Waals surface area contributed by atoms with Crippen molar-refractivity contribution in [1.29, 1.82) is 0 Å². The minimum absolute atomic E-state index is 0.301. The molecule has 0 fully saturated rings. The van der Waals surface area contributed by atoms with Gasteiger partial charge in [-0.2, -0.15) is 0 Å². The van der Waals surface area contributed by atoms with Crippen molar-refractivity contribution in [3.63, 3.8) is 0 Å². The molecule has 0 saturated carbocycles. The predicted octanol–water partition coefficient (Wildman–Crippen LogP) is 3.38. The topological polar surface area (TPSA) is 53.5 Å². The molecule has 5 nitrogen and oxygen atoms in total. The molecule has 0 bridgehead atoms. The molecule has 4 rings (SSSR count). The summed E-state index contributed by atoms with van der Waals surface area (Å²) in [6.45, 7) is 7.37. The van der Waals surface area contributed by atoms with Crippen molar-refractivity contribution in [3.05, 3.63) is 46.5 Å². The van der Waals surface area contributed by atoms with Gasteiger partial charge in [0, 0.05) is 23.6 Å². The van der Waals surface area contributed by atoms with E-state index in [0.717, 1.165) is 47.1 Å². The van der Waals surface area contributed by atoms with Crippen molar-refractivity contribution >= 4 is 11.8 Å². The van der Waals surface area contributed by atoms with E-state index in [9.17, 15) is 0 Å². The molecular weight excluding hydrogens is 342 g/mol. The zero-order chi connectivity index (χ0) is 19.4. The van der Waals surface area contributed by atoms with E-state index in [-0.39, 0.29) is 0 Å². The lowest BCUT2D eigenvalue weighted by molar-refractivity contribution is -0.563. The third-order valence-electron chi connectivity index (χ3n) is 4.83. The highest BCUT2D eigenvalue weighted by atomic mass is 16.7. The van der Waals surface area contributed by atoms with Gasteiger partial charge < -0.3 is 24.3 Å². The molecular formula is C22H28NO4+. The van der Waals surface area contributed by atoms with Gasteiger partial charge in [0.2, 0.25) is 6.79 Å². The highest BCUT2D eigenvalue weighted by Crippen LogP contribution is 2.38. The van der Waals surface area contributed by atoms with E-state index in [4.69, 9.17) is 18.9 Å². The molecule has 2 aliphatic heterocycles. The average Bonchev–Trinajstić information content (AvgIpc) is 3.17. The maximum atomic E-state index is 5.55. The van der Waals surface area contributed by atoms with Gasteiger partial charge in [0.05, 0.1) is 20.8 Å².